The Hall–Kier alpha value is -6.16. The lowest BCUT2D eigenvalue weighted by molar-refractivity contribution is 0.645. The van der Waals surface area contributed by atoms with Gasteiger partial charge in [0.05, 0.1) is 49.9 Å². The van der Waals surface area contributed by atoms with Crippen LogP contribution in [0.3, 0.4) is 0 Å². The molecule has 208 valence electrons. The molecular weight excluding hydrogens is 546 g/mol. The van der Waals surface area contributed by atoms with Crippen molar-refractivity contribution in [3.05, 3.63) is 158 Å². The lowest BCUT2D eigenvalue weighted by atomic mass is 10.0. The van der Waals surface area contributed by atoms with Crippen LogP contribution in [0.5, 0.6) is 0 Å². The van der Waals surface area contributed by atoms with E-state index in [9.17, 15) is 0 Å². The maximum Gasteiger partial charge on any atom is 0.0631 e. The third kappa shape index (κ3) is 3.38. The van der Waals surface area contributed by atoms with Gasteiger partial charge < -0.3 is 13.7 Å². The van der Waals surface area contributed by atoms with Crippen LogP contribution in [0.15, 0.2) is 133 Å². The third-order valence-electron chi connectivity index (χ3n) is 9.46. The van der Waals surface area contributed by atoms with Gasteiger partial charge in [0.15, 0.2) is 0 Å². The fourth-order valence-electron chi connectivity index (χ4n) is 7.67. The Morgan fingerprint density at radius 3 is 1.67 bits per heavy atom. The molecule has 9 aromatic rings. The summed E-state index contributed by atoms with van der Waals surface area (Å²) in [5, 5.41) is 7.12. The lowest BCUT2D eigenvalue weighted by Crippen LogP contribution is -2.15. The van der Waals surface area contributed by atoms with E-state index < -0.39 is 0 Å². The molecule has 1 unspecified atom stereocenters. The summed E-state index contributed by atoms with van der Waals surface area (Å²) in [6, 6.07) is 56.5. The fraction of sp³-hybridized carbons (Fsp3) is 0.0476. The van der Waals surface area contributed by atoms with E-state index in [2.05, 4.69) is 159 Å². The van der Waals surface area contributed by atoms with Gasteiger partial charge in [0.2, 0.25) is 0 Å². The zero-order valence-corrected chi connectivity index (χ0v) is 24.3. The highest BCUT2D eigenvalue weighted by Crippen LogP contribution is 2.43. The van der Waals surface area contributed by atoms with E-state index in [-0.39, 0.29) is 6.04 Å². The van der Waals surface area contributed by atoms with Gasteiger partial charge >= 0.3 is 0 Å². The van der Waals surface area contributed by atoms with E-state index in [0.29, 0.717) is 0 Å². The minimum absolute atomic E-state index is 0.0496. The smallest absolute Gasteiger partial charge is 0.0631 e. The Kier molecular flexibility index (Phi) is 4.95. The van der Waals surface area contributed by atoms with Gasteiger partial charge in [-0.2, -0.15) is 0 Å². The Bertz CT molecular complexity index is 2530. The monoisotopic (exact) mass is 571 g/mol. The number of fused-ring (bicyclic) bond motifs is 9. The Labute approximate surface area is 260 Å². The first-order chi connectivity index (χ1) is 22.3. The molecule has 0 saturated heterocycles. The van der Waals surface area contributed by atoms with Crippen LogP contribution in [-0.4, -0.2) is 13.7 Å². The maximum absolute atomic E-state index is 3.43. The van der Waals surface area contributed by atoms with Gasteiger partial charge in [-0.25, -0.2) is 0 Å². The molecule has 1 aliphatic carbocycles. The Morgan fingerprint density at radius 1 is 0.489 bits per heavy atom. The molecule has 0 bridgehead atoms. The van der Waals surface area contributed by atoms with E-state index in [1.165, 1.54) is 54.8 Å². The standard InChI is InChI=1S/C42H25N3/c1-7-19-37-31(13-1)32-14-2-8-20-38(32)43(37)28-25-29(44-39-21-9-3-15-33(39)34-16-4-10-22-40(34)44)27-30(26-28)45-41-23-11-5-17-35(41)36-18-6-12-24-42(36)45/h1-3,5,7-15,17,19-25,27,30H,26H2. The van der Waals surface area contributed by atoms with Crippen LogP contribution >= 0.6 is 0 Å². The van der Waals surface area contributed by atoms with Crippen molar-refractivity contribution in [3.8, 4) is 0 Å². The van der Waals surface area contributed by atoms with Gasteiger partial charge in [-0.15, -0.1) is 0 Å². The molecule has 0 radical (unpaired) electrons. The van der Waals surface area contributed by atoms with Crippen molar-refractivity contribution in [2.75, 3.05) is 0 Å². The first-order valence-corrected chi connectivity index (χ1v) is 15.4. The molecule has 1 atom stereocenters. The molecule has 0 aliphatic heterocycles. The summed E-state index contributed by atoms with van der Waals surface area (Å²) < 4.78 is 7.39. The van der Waals surface area contributed by atoms with Gasteiger partial charge in [0.1, 0.15) is 0 Å². The van der Waals surface area contributed by atoms with Gasteiger partial charge in [0.25, 0.3) is 0 Å². The van der Waals surface area contributed by atoms with Gasteiger partial charge in [0, 0.05) is 39.4 Å². The minimum atomic E-state index is 0.0496. The summed E-state index contributed by atoms with van der Waals surface area (Å²) in [4.78, 5) is 0. The molecule has 45 heavy (non-hydrogen) atoms. The zero-order valence-electron chi connectivity index (χ0n) is 24.3. The molecule has 0 amide bonds. The van der Waals surface area contributed by atoms with Gasteiger partial charge in [-0.3, -0.25) is 0 Å². The van der Waals surface area contributed by atoms with Gasteiger partial charge in [-0.05, 0) is 60.7 Å². The average molecular weight is 572 g/mol. The average Bonchev–Trinajstić information content (AvgIpc) is 3.74. The SMILES string of the molecule is c1ccc2c(c#1)c1ccccc1n2C1=CC(n2c3ccc#cc3c3ccccc32)CC(n2c3ccccc3c3ccccc32)=C1. The summed E-state index contributed by atoms with van der Waals surface area (Å²) in [6.45, 7) is 0. The molecule has 0 spiro atoms. The third-order valence-corrected chi connectivity index (χ3v) is 9.46. The first kappa shape index (κ1) is 24.3. The predicted octanol–water partition coefficient (Wildman–Crippen LogP) is 10.2. The van der Waals surface area contributed by atoms with Crippen LogP contribution in [0.2, 0.25) is 0 Å². The summed E-state index contributed by atoms with van der Waals surface area (Å²) in [5.41, 5.74) is 9.52. The molecule has 3 aromatic heterocycles. The largest absolute Gasteiger partial charge is 0.332 e. The number of hydrogen-bond donors (Lipinski definition) is 0. The molecule has 1 aliphatic rings. The number of para-hydroxylation sites is 4. The summed E-state index contributed by atoms with van der Waals surface area (Å²) >= 11 is 0. The molecule has 0 saturated carbocycles. The fourth-order valence-corrected chi connectivity index (χ4v) is 7.67. The number of rotatable bonds is 3. The van der Waals surface area contributed by atoms with E-state index in [4.69, 9.17) is 0 Å². The minimum Gasteiger partial charge on any atom is -0.332 e. The summed E-state index contributed by atoms with van der Waals surface area (Å²) in [6.07, 6.45) is 5.67. The highest BCUT2D eigenvalue weighted by atomic mass is 15.1. The quantitative estimate of drug-likeness (QED) is 0.200. The van der Waals surface area contributed by atoms with E-state index in [1.54, 1.807) is 0 Å². The lowest BCUT2D eigenvalue weighted by Gasteiger charge is -2.27. The van der Waals surface area contributed by atoms with Crippen LogP contribution in [0.4, 0.5) is 0 Å². The highest BCUT2D eigenvalue weighted by molar-refractivity contribution is 6.12. The first-order valence-electron chi connectivity index (χ1n) is 15.4. The van der Waals surface area contributed by atoms with Gasteiger partial charge in [-0.1, -0.05) is 97.1 Å². The second kappa shape index (κ2) is 9.17. The summed E-state index contributed by atoms with van der Waals surface area (Å²) in [7, 11) is 0. The Balaban J connectivity index is 1.31. The number of hydrogen-bond acceptors (Lipinski definition) is 0. The van der Waals surface area contributed by atoms with Crippen LogP contribution in [0, 0.1) is 24.3 Å². The van der Waals surface area contributed by atoms with Crippen LogP contribution in [0.25, 0.3) is 76.8 Å². The zero-order chi connectivity index (χ0) is 29.5. The Morgan fingerprint density at radius 2 is 1.00 bits per heavy atom. The number of benzene rings is 4. The molecule has 3 heteroatoms. The van der Waals surface area contributed by atoms with Crippen molar-refractivity contribution >= 4 is 76.8 Å². The van der Waals surface area contributed by atoms with E-state index >= 15 is 0 Å². The van der Waals surface area contributed by atoms with Crippen molar-refractivity contribution in [1.29, 1.82) is 0 Å². The topological polar surface area (TPSA) is 14.8 Å². The maximum atomic E-state index is 3.43. The number of allylic oxidation sites excluding steroid dienone is 4. The van der Waals surface area contributed by atoms with Crippen molar-refractivity contribution in [1.82, 2.24) is 13.7 Å². The number of nitrogens with zero attached hydrogens (tertiary/aromatic N) is 3. The van der Waals surface area contributed by atoms with E-state index in [1.807, 2.05) is 12.1 Å². The molecule has 3 heterocycles. The molecule has 10 rings (SSSR count). The highest BCUT2D eigenvalue weighted by Gasteiger charge is 2.26. The van der Waals surface area contributed by atoms with Crippen LogP contribution in [-0.2, 0) is 0 Å². The van der Waals surface area contributed by atoms with Crippen molar-refractivity contribution in [2.24, 2.45) is 0 Å². The number of aromatic nitrogens is 3. The van der Waals surface area contributed by atoms with Crippen LogP contribution < -0.4 is 0 Å². The molecule has 0 N–H and O–H groups in total. The molecular formula is C42H25N3. The van der Waals surface area contributed by atoms with Crippen molar-refractivity contribution in [2.45, 2.75) is 12.5 Å². The van der Waals surface area contributed by atoms with Crippen molar-refractivity contribution in [3.63, 3.8) is 0 Å². The summed E-state index contributed by atoms with van der Waals surface area (Å²) in [5.74, 6) is 0. The van der Waals surface area contributed by atoms with Crippen molar-refractivity contribution < 1.29 is 0 Å². The molecule has 3 nitrogen and oxygen atoms in total. The second-order valence-electron chi connectivity index (χ2n) is 11.8. The van der Waals surface area contributed by atoms with Crippen LogP contribution in [0.1, 0.15) is 12.5 Å². The normalized spacial score (nSPS) is 15.2. The second-order valence-corrected chi connectivity index (χ2v) is 11.8. The molecule has 0 fully saturated rings. The predicted molar refractivity (Wildman–Crippen MR) is 186 cm³/mol. The van der Waals surface area contributed by atoms with E-state index in [0.717, 1.165) is 28.4 Å². The molecule has 6 aromatic carbocycles.